The Morgan fingerprint density at radius 3 is 2.47 bits per heavy atom. The quantitative estimate of drug-likeness (QED) is 0.805. The topological polar surface area (TPSA) is 89.6 Å². The van der Waals surface area contributed by atoms with Crippen LogP contribution in [-0.4, -0.2) is 31.4 Å². The van der Waals surface area contributed by atoms with Crippen LogP contribution < -0.4 is 10.6 Å². The average molecular weight is 231 g/mol. The van der Waals surface area contributed by atoms with E-state index in [0.717, 1.165) is 11.3 Å². The smallest absolute Gasteiger partial charge is 0.413 e. The van der Waals surface area contributed by atoms with Gasteiger partial charge in [0.15, 0.2) is 5.13 Å². The lowest BCUT2D eigenvalue weighted by Gasteiger charge is -1.99. The molecule has 0 aliphatic carbocycles. The number of carbonyl (C=O) groups excluding carboxylic acids is 2. The molecule has 0 aromatic carbocycles. The molecule has 15 heavy (non-hydrogen) atoms. The third-order valence-electron chi connectivity index (χ3n) is 1.31. The van der Waals surface area contributed by atoms with E-state index in [1.54, 1.807) is 5.38 Å². The molecular formula is C7H9N3O4S. The summed E-state index contributed by atoms with van der Waals surface area (Å²) in [7, 11) is 2.49. The lowest BCUT2D eigenvalue weighted by molar-refractivity contribution is 0.186. The summed E-state index contributed by atoms with van der Waals surface area (Å²) in [5, 5.41) is 6.59. The van der Waals surface area contributed by atoms with Gasteiger partial charge in [0.25, 0.3) is 0 Å². The molecule has 0 atom stereocenters. The SMILES string of the molecule is COC(=O)Nc1csc(NC(=O)OC)n1. The Morgan fingerprint density at radius 2 is 1.87 bits per heavy atom. The van der Waals surface area contributed by atoms with Crippen molar-refractivity contribution < 1.29 is 19.1 Å². The minimum atomic E-state index is -0.620. The number of amides is 2. The van der Waals surface area contributed by atoms with Crippen molar-refractivity contribution in [3.05, 3.63) is 5.38 Å². The summed E-state index contributed by atoms with van der Waals surface area (Å²) in [6, 6.07) is 0. The fourth-order valence-electron chi connectivity index (χ4n) is 0.683. The second kappa shape index (κ2) is 5.15. The Bertz CT molecular complexity index is 332. The Kier molecular flexibility index (Phi) is 3.86. The van der Waals surface area contributed by atoms with E-state index in [1.165, 1.54) is 14.2 Å². The molecule has 1 aromatic heterocycles. The molecule has 0 bridgehead atoms. The van der Waals surface area contributed by atoms with Gasteiger partial charge in [-0.2, -0.15) is 0 Å². The van der Waals surface area contributed by atoms with Crippen LogP contribution in [-0.2, 0) is 9.47 Å². The van der Waals surface area contributed by atoms with Crippen molar-refractivity contribution in [3.8, 4) is 0 Å². The normalized spacial score (nSPS) is 9.20. The molecule has 2 N–H and O–H groups in total. The first kappa shape index (κ1) is 11.2. The monoisotopic (exact) mass is 231 g/mol. The van der Waals surface area contributed by atoms with E-state index >= 15 is 0 Å². The van der Waals surface area contributed by atoms with Gasteiger partial charge in [0, 0.05) is 5.38 Å². The van der Waals surface area contributed by atoms with E-state index < -0.39 is 12.2 Å². The van der Waals surface area contributed by atoms with Gasteiger partial charge >= 0.3 is 12.2 Å². The number of aromatic nitrogens is 1. The van der Waals surface area contributed by atoms with Crippen molar-refractivity contribution in [3.63, 3.8) is 0 Å². The second-order valence-electron chi connectivity index (χ2n) is 2.27. The van der Waals surface area contributed by atoms with Gasteiger partial charge in [-0.15, -0.1) is 11.3 Å². The average Bonchev–Trinajstić information content (AvgIpc) is 2.65. The van der Waals surface area contributed by atoms with Crippen LogP contribution in [0.25, 0.3) is 0 Å². The number of nitrogens with one attached hydrogen (secondary N) is 2. The molecule has 1 aromatic rings. The lowest BCUT2D eigenvalue weighted by atomic mass is 10.8. The minimum Gasteiger partial charge on any atom is -0.453 e. The fraction of sp³-hybridized carbons (Fsp3) is 0.286. The zero-order valence-electron chi connectivity index (χ0n) is 8.07. The molecule has 0 saturated carbocycles. The molecule has 7 nitrogen and oxygen atoms in total. The molecule has 1 heterocycles. The van der Waals surface area contributed by atoms with Crippen molar-refractivity contribution in [2.45, 2.75) is 0 Å². The molecule has 82 valence electrons. The highest BCUT2D eigenvalue weighted by Crippen LogP contribution is 2.19. The summed E-state index contributed by atoms with van der Waals surface area (Å²) < 4.78 is 8.74. The molecular weight excluding hydrogens is 222 g/mol. The Morgan fingerprint density at radius 1 is 1.27 bits per heavy atom. The molecule has 2 amide bonds. The Hall–Kier alpha value is -1.83. The number of hydrogen-bond donors (Lipinski definition) is 2. The van der Waals surface area contributed by atoms with Gasteiger partial charge in [0.2, 0.25) is 0 Å². The first-order valence-corrected chi connectivity index (χ1v) is 4.69. The van der Waals surface area contributed by atoms with Crippen molar-refractivity contribution in [2.24, 2.45) is 0 Å². The van der Waals surface area contributed by atoms with Crippen LogP contribution >= 0.6 is 11.3 Å². The largest absolute Gasteiger partial charge is 0.453 e. The van der Waals surface area contributed by atoms with Crippen LogP contribution in [0.2, 0.25) is 0 Å². The number of carbonyl (C=O) groups is 2. The number of nitrogens with zero attached hydrogens (tertiary/aromatic N) is 1. The fourth-order valence-corrected chi connectivity index (χ4v) is 1.31. The highest BCUT2D eigenvalue weighted by atomic mass is 32.1. The zero-order valence-corrected chi connectivity index (χ0v) is 8.88. The predicted molar refractivity (Wildman–Crippen MR) is 54.2 cm³/mol. The van der Waals surface area contributed by atoms with Gasteiger partial charge in [-0.05, 0) is 0 Å². The van der Waals surface area contributed by atoms with Crippen LogP contribution in [0.15, 0.2) is 5.38 Å². The standard InChI is InChI=1S/C7H9N3O4S/c1-13-6(11)9-4-3-15-5(8-4)10-7(12)14-2/h3H,1-2H3,(H,9,11)(H,8,10,12). The number of ether oxygens (including phenoxy) is 2. The molecule has 0 aliphatic rings. The maximum atomic E-state index is 10.8. The van der Waals surface area contributed by atoms with Crippen molar-refractivity contribution in [1.29, 1.82) is 0 Å². The highest BCUT2D eigenvalue weighted by Gasteiger charge is 2.08. The number of hydrogen-bond acceptors (Lipinski definition) is 6. The molecule has 1 rings (SSSR count). The third-order valence-corrected chi connectivity index (χ3v) is 2.07. The van der Waals surface area contributed by atoms with E-state index in [4.69, 9.17) is 0 Å². The van der Waals surface area contributed by atoms with E-state index in [-0.39, 0.29) is 0 Å². The van der Waals surface area contributed by atoms with Gasteiger partial charge in [0.05, 0.1) is 14.2 Å². The Labute approximate surface area is 89.4 Å². The van der Waals surface area contributed by atoms with Crippen LogP contribution in [0, 0.1) is 0 Å². The van der Waals surface area contributed by atoms with Crippen LogP contribution in [0.4, 0.5) is 20.5 Å². The molecule has 0 aliphatic heterocycles. The molecule has 0 spiro atoms. The zero-order chi connectivity index (χ0) is 11.3. The van der Waals surface area contributed by atoms with Crippen LogP contribution in [0.1, 0.15) is 0 Å². The lowest BCUT2D eigenvalue weighted by Crippen LogP contribution is -2.12. The molecule has 0 unspecified atom stereocenters. The first-order valence-electron chi connectivity index (χ1n) is 3.81. The van der Waals surface area contributed by atoms with Crippen LogP contribution in [0.5, 0.6) is 0 Å². The van der Waals surface area contributed by atoms with Crippen molar-refractivity contribution in [1.82, 2.24) is 4.98 Å². The van der Waals surface area contributed by atoms with E-state index in [0.29, 0.717) is 10.9 Å². The summed E-state index contributed by atoms with van der Waals surface area (Å²) in [5.41, 5.74) is 0. The summed E-state index contributed by atoms with van der Waals surface area (Å²) in [6.45, 7) is 0. The third kappa shape index (κ3) is 3.43. The van der Waals surface area contributed by atoms with E-state index in [2.05, 4.69) is 25.1 Å². The van der Waals surface area contributed by atoms with Crippen molar-refractivity contribution in [2.75, 3.05) is 24.9 Å². The summed E-state index contributed by atoms with van der Waals surface area (Å²) in [4.78, 5) is 25.5. The molecule has 0 radical (unpaired) electrons. The van der Waals surface area contributed by atoms with Gasteiger partial charge in [-0.3, -0.25) is 10.6 Å². The summed E-state index contributed by atoms with van der Waals surface area (Å²) in [5.74, 6) is 0.304. The number of methoxy groups -OCH3 is 2. The number of anilines is 2. The molecule has 8 heteroatoms. The van der Waals surface area contributed by atoms with E-state index in [1.807, 2.05) is 0 Å². The van der Waals surface area contributed by atoms with Crippen LogP contribution in [0.3, 0.4) is 0 Å². The van der Waals surface area contributed by atoms with Gasteiger partial charge < -0.3 is 9.47 Å². The van der Waals surface area contributed by atoms with Gasteiger partial charge in [-0.1, -0.05) is 0 Å². The molecule has 0 saturated heterocycles. The maximum Gasteiger partial charge on any atom is 0.413 e. The van der Waals surface area contributed by atoms with Crippen molar-refractivity contribution >= 4 is 34.5 Å². The highest BCUT2D eigenvalue weighted by molar-refractivity contribution is 7.14. The molecule has 0 fully saturated rings. The maximum absolute atomic E-state index is 10.8. The predicted octanol–water partition coefficient (Wildman–Crippen LogP) is 1.50. The van der Waals surface area contributed by atoms with E-state index in [9.17, 15) is 9.59 Å². The first-order chi connectivity index (χ1) is 7.15. The number of thiazole rings is 1. The Balaban J connectivity index is 2.56. The van der Waals surface area contributed by atoms with Gasteiger partial charge in [-0.25, -0.2) is 14.6 Å². The van der Waals surface area contributed by atoms with Gasteiger partial charge in [0.1, 0.15) is 5.82 Å². The second-order valence-corrected chi connectivity index (χ2v) is 3.13. The number of rotatable bonds is 2. The minimum absolute atomic E-state index is 0.304. The summed E-state index contributed by atoms with van der Waals surface area (Å²) >= 11 is 1.15. The summed E-state index contributed by atoms with van der Waals surface area (Å²) in [6.07, 6.45) is -1.24.